The Morgan fingerprint density at radius 3 is 1.32 bits per heavy atom. The second-order valence-electron chi connectivity index (χ2n) is 8.56. The van der Waals surface area contributed by atoms with Crippen LogP contribution in [0.4, 0.5) is 0 Å². The molecule has 0 amide bonds. The zero-order chi connectivity index (χ0) is 20.9. The number of hydrogen-bond donors (Lipinski definition) is 3. The van der Waals surface area contributed by atoms with Gasteiger partial charge in [0.25, 0.3) is 0 Å². The molecule has 3 N–H and O–H groups in total. The van der Waals surface area contributed by atoms with Crippen LogP contribution in [0.15, 0.2) is 0 Å². The molecule has 0 aliphatic carbocycles. The standard InChI is InChI=1S/C24H48O4/c1-2-3-4-5-8-11-14-17-22(25)20-21-23(26)18-15-12-9-6-7-10-13-16-19-24(27)28/h22-23,25-26H,2-21H2,1H3,(H,27,28). The van der Waals surface area contributed by atoms with Crippen LogP contribution in [0.3, 0.4) is 0 Å². The maximum Gasteiger partial charge on any atom is 0.303 e. The first-order valence-electron chi connectivity index (χ1n) is 12.1. The van der Waals surface area contributed by atoms with Crippen molar-refractivity contribution in [1.29, 1.82) is 0 Å². The molecule has 0 bridgehead atoms. The van der Waals surface area contributed by atoms with Crippen molar-refractivity contribution in [2.75, 3.05) is 0 Å². The summed E-state index contributed by atoms with van der Waals surface area (Å²) in [5, 5.41) is 28.7. The number of hydrogen-bond acceptors (Lipinski definition) is 3. The lowest BCUT2D eigenvalue weighted by atomic mass is 10.00. The number of carboxylic acid groups (broad SMARTS) is 1. The molecule has 0 heterocycles. The maximum absolute atomic E-state index is 10.4. The minimum Gasteiger partial charge on any atom is -0.481 e. The third kappa shape index (κ3) is 21.7. The average Bonchev–Trinajstić information content (AvgIpc) is 2.66. The first-order valence-corrected chi connectivity index (χ1v) is 12.1. The summed E-state index contributed by atoms with van der Waals surface area (Å²) >= 11 is 0. The SMILES string of the molecule is CCCCCCCCCC(O)CCC(O)CCCCCCCCCCC(=O)O. The van der Waals surface area contributed by atoms with Gasteiger partial charge < -0.3 is 15.3 Å². The highest BCUT2D eigenvalue weighted by molar-refractivity contribution is 5.66. The van der Waals surface area contributed by atoms with Gasteiger partial charge in [0.1, 0.15) is 0 Å². The summed E-state index contributed by atoms with van der Waals surface area (Å²) in [5.41, 5.74) is 0. The molecule has 2 atom stereocenters. The van der Waals surface area contributed by atoms with Gasteiger partial charge in [0.2, 0.25) is 0 Å². The number of aliphatic carboxylic acids is 1. The highest BCUT2D eigenvalue weighted by Crippen LogP contribution is 2.16. The third-order valence-electron chi connectivity index (χ3n) is 5.65. The van der Waals surface area contributed by atoms with Gasteiger partial charge >= 0.3 is 5.97 Å². The fourth-order valence-electron chi connectivity index (χ4n) is 3.73. The molecule has 4 heteroatoms. The van der Waals surface area contributed by atoms with Crippen molar-refractivity contribution >= 4 is 5.97 Å². The number of aliphatic hydroxyl groups excluding tert-OH is 2. The van der Waals surface area contributed by atoms with E-state index in [1.54, 1.807) is 0 Å². The van der Waals surface area contributed by atoms with Crippen LogP contribution < -0.4 is 0 Å². The Balaban J connectivity index is 3.31. The van der Waals surface area contributed by atoms with E-state index in [0.717, 1.165) is 64.2 Å². The Kier molecular flexibility index (Phi) is 20.6. The fourth-order valence-corrected chi connectivity index (χ4v) is 3.73. The smallest absolute Gasteiger partial charge is 0.303 e. The molecule has 28 heavy (non-hydrogen) atoms. The molecular weight excluding hydrogens is 352 g/mol. The average molecular weight is 401 g/mol. The van der Waals surface area contributed by atoms with E-state index >= 15 is 0 Å². The summed E-state index contributed by atoms with van der Waals surface area (Å²) < 4.78 is 0. The highest BCUT2D eigenvalue weighted by Gasteiger charge is 2.09. The van der Waals surface area contributed by atoms with Gasteiger partial charge in [-0.1, -0.05) is 96.8 Å². The van der Waals surface area contributed by atoms with Crippen molar-refractivity contribution in [1.82, 2.24) is 0 Å². The quantitative estimate of drug-likeness (QED) is 0.179. The van der Waals surface area contributed by atoms with Crippen LogP contribution in [0.25, 0.3) is 0 Å². The molecule has 0 rings (SSSR count). The van der Waals surface area contributed by atoms with Crippen LogP contribution >= 0.6 is 0 Å². The number of carbonyl (C=O) groups is 1. The van der Waals surface area contributed by atoms with Crippen LogP contribution in [0, 0.1) is 0 Å². The Labute approximate surface area is 174 Å². The van der Waals surface area contributed by atoms with Gasteiger partial charge in [-0.3, -0.25) is 4.79 Å². The molecule has 0 fully saturated rings. The first-order chi connectivity index (χ1) is 13.6. The zero-order valence-electron chi connectivity index (χ0n) is 18.5. The fraction of sp³-hybridized carbons (Fsp3) is 0.958. The Morgan fingerprint density at radius 2 is 0.929 bits per heavy atom. The van der Waals surface area contributed by atoms with Gasteiger partial charge in [0.15, 0.2) is 0 Å². The van der Waals surface area contributed by atoms with Crippen molar-refractivity contribution in [2.45, 2.75) is 148 Å². The van der Waals surface area contributed by atoms with Gasteiger partial charge in [-0.25, -0.2) is 0 Å². The van der Waals surface area contributed by atoms with Crippen molar-refractivity contribution < 1.29 is 20.1 Å². The molecule has 168 valence electrons. The molecule has 0 aromatic heterocycles. The molecule has 0 aliphatic heterocycles. The van der Waals surface area contributed by atoms with Gasteiger partial charge in [0, 0.05) is 6.42 Å². The Hall–Kier alpha value is -0.610. The zero-order valence-corrected chi connectivity index (χ0v) is 18.5. The van der Waals surface area contributed by atoms with Crippen LogP contribution in [-0.2, 0) is 4.79 Å². The monoisotopic (exact) mass is 400 g/mol. The van der Waals surface area contributed by atoms with Gasteiger partial charge in [-0.2, -0.15) is 0 Å². The van der Waals surface area contributed by atoms with Crippen LogP contribution in [-0.4, -0.2) is 33.5 Å². The first kappa shape index (κ1) is 27.4. The van der Waals surface area contributed by atoms with Gasteiger partial charge in [-0.15, -0.1) is 0 Å². The number of rotatable bonds is 22. The van der Waals surface area contributed by atoms with E-state index in [9.17, 15) is 15.0 Å². The molecule has 0 aliphatic rings. The Bertz CT molecular complexity index is 333. The normalized spacial score (nSPS) is 13.5. The van der Waals surface area contributed by atoms with E-state index in [4.69, 9.17) is 5.11 Å². The van der Waals surface area contributed by atoms with E-state index in [0.29, 0.717) is 6.42 Å². The second-order valence-corrected chi connectivity index (χ2v) is 8.56. The van der Waals surface area contributed by atoms with E-state index in [1.165, 1.54) is 57.8 Å². The molecule has 2 unspecified atom stereocenters. The van der Waals surface area contributed by atoms with E-state index < -0.39 is 5.97 Å². The minimum absolute atomic E-state index is 0.244. The van der Waals surface area contributed by atoms with Crippen LogP contribution in [0.1, 0.15) is 135 Å². The van der Waals surface area contributed by atoms with Crippen LogP contribution in [0.5, 0.6) is 0 Å². The van der Waals surface area contributed by atoms with E-state index in [-0.39, 0.29) is 12.2 Å². The van der Waals surface area contributed by atoms with Crippen LogP contribution in [0.2, 0.25) is 0 Å². The lowest BCUT2D eigenvalue weighted by Crippen LogP contribution is -2.13. The molecule has 4 nitrogen and oxygen atoms in total. The molecule has 0 spiro atoms. The molecule has 0 saturated heterocycles. The number of aliphatic hydroxyl groups is 2. The lowest BCUT2D eigenvalue weighted by Gasteiger charge is -2.14. The predicted molar refractivity (Wildman–Crippen MR) is 118 cm³/mol. The summed E-state index contributed by atoms with van der Waals surface area (Å²) in [7, 11) is 0. The summed E-state index contributed by atoms with van der Waals surface area (Å²) in [6.45, 7) is 2.24. The molecule has 0 aromatic rings. The second kappa shape index (κ2) is 21.1. The molecular formula is C24H48O4. The highest BCUT2D eigenvalue weighted by atomic mass is 16.4. The van der Waals surface area contributed by atoms with Crippen molar-refractivity contribution in [2.24, 2.45) is 0 Å². The summed E-state index contributed by atoms with van der Waals surface area (Å²) in [5.74, 6) is -0.691. The molecule has 0 aromatic carbocycles. The molecule has 0 saturated carbocycles. The van der Waals surface area contributed by atoms with Crippen molar-refractivity contribution in [3.8, 4) is 0 Å². The summed E-state index contributed by atoms with van der Waals surface area (Å²) in [6, 6.07) is 0. The van der Waals surface area contributed by atoms with E-state index in [1.807, 2.05) is 0 Å². The maximum atomic E-state index is 10.4. The largest absolute Gasteiger partial charge is 0.481 e. The Morgan fingerprint density at radius 1 is 0.571 bits per heavy atom. The third-order valence-corrected chi connectivity index (χ3v) is 5.65. The van der Waals surface area contributed by atoms with Gasteiger partial charge in [0.05, 0.1) is 12.2 Å². The summed E-state index contributed by atoms with van der Waals surface area (Å²) in [6.07, 6.45) is 20.7. The topological polar surface area (TPSA) is 77.8 Å². The minimum atomic E-state index is -0.691. The predicted octanol–water partition coefficient (Wildman–Crippen LogP) is 6.61. The summed E-state index contributed by atoms with van der Waals surface area (Å²) in [4.78, 5) is 10.4. The molecule has 0 radical (unpaired) electrons. The van der Waals surface area contributed by atoms with Crippen molar-refractivity contribution in [3.63, 3.8) is 0 Å². The number of unbranched alkanes of at least 4 members (excludes halogenated alkanes) is 13. The van der Waals surface area contributed by atoms with E-state index in [2.05, 4.69) is 6.92 Å². The lowest BCUT2D eigenvalue weighted by molar-refractivity contribution is -0.137. The van der Waals surface area contributed by atoms with Gasteiger partial charge in [-0.05, 0) is 32.1 Å². The van der Waals surface area contributed by atoms with Crippen molar-refractivity contribution in [3.05, 3.63) is 0 Å². The number of carboxylic acids is 1.